The third-order valence-corrected chi connectivity index (χ3v) is 12.6. The minimum absolute atomic E-state index is 0.0657. The number of anilines is 1. The molecular weight excluding hydrogens is 505 g/mol. The average molecular weight is 549 g/mol. The summed E-state index contributed by atoms with van der Waals surface area (Å²) in [4.78, 5) is 2.57. The first-order valence-corrected chi connectivity index (χ1v) is 16.8. The van der Waals surface area contributed by atoms with Gasteiger partial charge in [-0.25, -0.2) is 9.25 Å². The van der Waals surface area contributed by atoms with Gasteiger partial charge in [0, 0.05) is 72.7 Å². The Kier molecular flexibility index (Phi) is 6.26. The molecule has 0 amide bonds. The van der Waals surface area contributed by atoms with Crippen molar-refractivity contribution < 1.29 is 13.8 Å². The summed E-state index contributed by atoms with van der Waals surface area (Å²) in [6.07, 6.45) is 8.72. The number of fused-ring (bicyclic) bond motifs is 4. The Balaban J connectivity index is 1.64. The molecule has 7 rings (SSSR count). The van der Waals surface area contributed by atoms with Gasteiger partial charge in [0.1, 0.15) is 24.6 Å². The molecule has 0 N–H and O–H groups in total. The van der Waals surface area contributed by atoms with Gasteiger partial charge in [0.15, 0.2) is 0 Å². The second-order valence-electron chi connectivity index (χ2n) is 12.6. The molecule has 0 aromatic heterocycles. The molecule has 2 aromatic carbocycles. The Hall–Kier alpha value is -2.14. The molecule has 0 saturated heterocycles. The molecule has 1 unspecified atom stereocenters. The van der Waals surface area contributed by atoms with Crippen LogP contribution in [0.1, 0.15) is 81.2 Å². The lowest BCUT2D eigenvalue weighted by molar-refractivity contribution is 0.249. The number of hydrogen-bond acceptors (Lipinski definition) is 4. The lowest BCUT2D eigenvalue weighted by Gasteiger charge is -2.42. The van der Waals surface area contributed by atoms with Crippen LogP contribution in [0.4, 0.5) is 5.69 Å². The Morgan fingerprint density at radius 2 is 1.56 bits per heavy atom. The predicted octanol–water partition coefficient (Wildman–Crippen LogP) is 4.99. The number of ether oxygens (including phenoxy) is 1. The molecule has 2 aromatic rings. The van der Waals surface area contributed by atoms with Crippen LogP contribution < -0.4 is 24.8 Å². The minimum atomic E-state index is -3.45. The van der Waals surface area contributed by atoms with Crippen molar-refractivity contribution in [3.05, 3.63) is 50.5 Å². The second-order valence-corrected chi connectivity index (χ2v) is 14.9. The summed E-state index contributed by atoms with van der Waals surface area (Å²) in [6.45, 7) is 13.0. The molecule has 5 heterocycles. The Morgan fingerprint density at radius 3 is 2.28 bits per heavy atom. The van der Waals surface area contributed by atoms with Crippen LogP contribution in [0.3, 0.4) is 0 Å². The van der Waals surface area contributed by atoms with Crippen molar-refractivity contribution in [2.45, 2.75) is 91.1 Å². The van der Waals surface area contributed by atoms with Crippen molar-refractivity contribution in [2.75, 3.05) is 38.2 Å². The van der Waals surface area contributed by atoms with E-state index in [9.17, 15) is 0 Å². The van der Waals surface area contributed by atoms with E-state index in [0.29, 0.717) is 0 Å². The lowest BCUT2D eigenvalue weighted by Crippen LogP contribution is -2.45. The molecule has 7 heteroatoms. The Morgan fingerprint density at radius 1 is 0.897 bits per heavy atom. The third kappa shape index (κ3) is 3.74. The fourth-order valence-corrected chi connectivity index (χ4v) is 11.1. The second kappa shape index (κ2) is 9.46. The summed E-state index contributed by atoms with van der Waals surface area (Å²) in [7, 11) is -1.80. The summed E-state index contributed by atoms with van der Waals surface area (Å²) in [5.74, 6) is 1.88. The standard InChI is InChI=1S/C32H43N3O3P/c1-20(2)35(21(3)4)39(36,37-5)32-26-18-22-10-6-14-33-16-8-12-24(28(22)33)30(26)38-31-25-13-9-17-34-15-7-11-23(29(25)34)19-27(31)32/h18-21H,6-17H2,1-5H3/q+1. The molecule has 0 saturated carbocycles. The first-order chi connectivity index (χ1) is 18.8. The number of aryl methyl sites for hydroxylation is 2. The maximum atomic E-state index is 15.5. The number of benzene rings is 2. The van der Waals surface area contributed by atoms with Gasteiger partial charge in [0.25, 0.3) is 0 Å². The molecule has 5 aliphatic rings. The van der Waals surface area contributed by atoms with E-state index in [1.54, 1.807) is 7.11 Å². The number of rotatable bonds is 5. The molecule has 0 fully saturated rings. The summed E-state index contributed by atoms with van der Waals surface area (Å²) < 4.78 is 33.6. The first kappa shape index (κ1) is 25.8. The molecule has 0 spiro atoms. The molecule has 39 heavy (non-hydrogen) atoms. The zero-order valence-corrected chi connectivity index (χ0v) is 25.2. The molecule has 5 aliphatic heterocycles. The van der Waals surface area contributed by atoms with E-state index in [4.69, 9.17) is 9.26 Å². The molecular formula is C32H43N3O3P+. The van der Waals surface area contributed by atoms with Crippen molar-refractivity contribution in [3.8, 4) is 11.5 Å². The quantitative estimate of drug-likeness (QED) is 0.389. The topological polar surface area (TPSA) is 45.0 Å². The van der Waals surface area contributed by atoms with Gasteiger partial charge < -0.3 is 14.2 Å². The van der Waals surface area contributed by atoms with E-state index in [1.807, 2.05) is 0 Å². The zero-order valence-electron chi connectivity index (χ0n) is 24.3. The van der Waals surface area contributed by atoms with E-state index in [2.05, 4.69) is 54.0 Å². The number of nitrogens with zero attached hydrogens (tertiary/aromatic N) is 3. The Bertz CT molecular complexity index is 1530. The molecule has 1 atom stereocenters. The predicted molar refractivity (Wildman–Crippen MR) is 158 cm³/mol. The fourth-order valence-electron chi connectivity index (χ4n) is 8.30. The largest absolute Gasteiger partial charge is 0.455 e. The van der Waals surface area contributed by atoms with Gasteiger partial charge in [-0.3, -0.25) is 4.57 Å². The van der Waals surface area contributed by atoms with Crippen molar-refractivity contribution in [2.24, 2.45) is 0 Å². The summed E-state index contributed by atoms with van der Waals surface area (Å²) >= 11 is 0. The van der Waals surface area contributed by atoms with Crippen molar-refractivity contribution >= 4 is 18.5 Å². The van der Waals surface area contributed by atoms with Gasteiger partial charge in [-0.05, 0) is 83.9 Å². The lowest BCUT2D eigenvalue weighted by atomic mass is 9.87. The van der Waals surface area contributed by atoms with Crippen LogP contribution in [0, 0.1) is 0 Å². The highest BCUT2D eigenvalue weighted by molar-refractivity contribution is 7.67. The van der Waals surface area contributed by atoms with Gasteiger partial charge in [0.05, 0.1) is 10.9 Å². The third-order valence-electron chi connectivity index (χ3n) is 9.55. The molecule has 0 bridgehead atoms. The molecule has 6 nitrogen and oxygen atoms in total. The first-order valence-electron chi connectivity index (χ1n) is 15.2. The van der Waals surface area contributed by atoms with Crippen LogP contribution in [0.5, 0.6) is 11.5 Å². The highest BCUT2D eigenvalue weighted by atomic mass is 31.2. The van der Waals surface area contributed by atoms with E-state index in [1.165, 1.54) is 33.3 Å². The average Bonchev–Trinajstić information content (AvgIpc) is 2.92. The van der Waals surface area contributed by atoms with Crippen LogP contribution in [0.15, 0.2) is 12.1 Å². The van der Waals surface area contributed by atoms with Crippen LogP contribution >= 0.6 is 7.52 Å². The molecule has 208 valence electrons. The molecule has 0 radical (unpaired) electrons. The zero-order chi connectivity index (χ0) is 27.1. The van der Waals surface area contributed by atoms with E-state index >= 15 is 4.57 Å². The SMILES string of the molecule is COP(=O)(C1=c2cc3c4c(c2Oc2c1cc1c5c2CCCN5CCC1)CCC[N+]=4CCC3)N(C(C)C)C(C)C. The maximum absolute atomic E-state index is 15.5. The van der Waals surface area contributed by atoms with E-state index in [0.717, 1.165) is 105 Å². The highest BCUT2D eigenvalue weighted by Gasteiger charge is 2.45. The summed E-state index contributed by atoms with van der Waals surface area (Å²) in [6, 6.07) is 4.78. The monoisotopic (exact) mass is 548 g/mol. The molecule has 0 aliphatic carbocycles. The van der Waals surface area contributed by atoms with Gasteiger partial charge in [-0.1, -0.05) is 0 Å². The fraction of sp³-hybridized carbons (Fsp3) is 0.594. The minimum Gasteiger partial charge on any atom is -0.455 e. The summed E-state index contributed by atoms with van der Waals surface area (Å²) in [5.41, 5.74) is 7.79. The van der Waals surface area contributed by atoms with Crippen molar-refractivity contribution in [3.63, 3.8) is 0 Å². The van der Waals surface area contributed by atoms with Gasteiger partial charge in [0.2, 0.25) is 5.36 Å². The van der Waals surface area contributed by atoms with Crippen LogP contribution in [0.25, 0.3) is 5.31 Å². The van der Waals surface area contributed by atoms with Crippen LogP contribution in [-0.2, 0) is 34.8 Å². The summed E-state index contributed by atoms with van der Waals surface area (Å²) in [5, 5.41) is 3.26. The maximum Gasteiger partial charge on any atom is 0.304 e. The highest BCUT2D eigenvalue weighted by Crippen LogP contribution is 2.65. The van der Waals surface area contributed by atoms with Crippen molar-refractivity contribution in [1.29, 1.82) is 0 Å². The van der Waals surface area contributed by atoms with Gasteiger partial charge >= 0.3 is 7.52 Å². The van der Waals surface area contributed by atoms with Crippen LogP contribution in [-0.4, -0.2) is 50.0 Å². The van der Waals surface area contributed by atoms with Crippen molar-refractivity contribution in [1.82, 2.24) is 9.25 Å². The van der Waals surface area contributed by atoms with Crippen LogP contribution in [0.2, 0.25) is 0 Å². The normalized spacial score (nSPS) is 20.9. The number of hydrogen-bond donors (Lipinski definition) is 0. The van der Waals surface area contributed by atoms with Gasteiger partial charge in [-0.2, -0.15) is 0 Å². The van der Waals surface area contributed by atoms with E-state index < -0.39 is 7.52 Å². The Labute approximate surface area is 232 Å². The van der Waals surface area contributed by atoms with Gasteiger partial charge in [-0.15, -0.1) is 0 Å². The smallest absolute Gasteiger partial charge is 0.304 e. The van der Waals surface area contributed by atoms with E-state index in [-0.39, 0.29) is 12.1 Å².